The molecule has 0 spiro atoms. The van der Waals surface area contributed by atoms with E-state index in [2.05, 4.69) is 14.9 Å². The van der Waals surface area contributed by atoms with Gasteiger partial charge in [-0.25, -0.2) is 13.1 Å². The van der Waals surface area contributed by atoms with Crippen LogP contribution >= 0.6 is 0 Å². The van der Waals surface area contributed by atoms with Gasteiger partial charge in [0.15, 0.2) is 6.33 Å². The average Bonchev–Trinajstić information content (AvgIpc) is 2.80. The Morgan fingerprint density at radius 3 is 2.79 bits per heavy atom. The number of nitrogens with zero attached hydrogens (tertiary/aromatic N) is 2. The van der Waals surface area contributed by atoms with E-state index >= 15 is 0 Å². The lowest BCUT2D eigenvalue weighted by atomic mass is 10.2. The van der Waals surface area contributed by atoms with Crippen molar-refractivity contribution in [3.05, 3.63) is 36.0 Å². The summed E-state index contributed by atoms with van der Waals surface area (Å²) >= 11 is 0. The van der Waals surface area contributed by atoms with E-state index in [9.17, 15) is 8.42 Å². The lowest BCUT2D eigenvalue weighted by Gasteiger charge is -2.07. The van der Waals surface area contributed by atoms with Crippen LogP contribution in [0.4, 0.5) is 5.69 Å². The van der Waals surface area contributed by atoms with Crippen LogP contribution in [0.1, 0.15) is 11.5 Å². The van der Waals surface area contributed by atoms with Gasteiger partial charge in [0.05, 0.1) is 4.90 Å². The number of aryl methyl sites for hydroxylation is 1. The molecule has 0 unspecified atom stereocenters. The van der Waals surface area contributed by atoms with Crippen molar-refractivity contribution in [3.8, 4) is 0 Å². The van der Waals surface area contributed by atoms with Gasteiger partial charge in [0, 0.05) is 18.7 Å². The standard InChI is InChI=1S/C11H14N4O3S/c1-8-4-9(12)6-10(5-8)19(16,17)15-3-2-11-13-7-14-18-11/h4-7,15H,2-3,12H2,1H3. The Bertz CT molecular complexity index is 632. The molecule has 0 saturated heterocycles. The molecule has 2 rings (SSSR count). The molecule has 0 aliphatic heterocycles. The monoisotopic (exact) mass is 282 g/mol. The molecule has 102 valence electrons. The molecule has 2 aromatic rings. The zero-order chi connectivity index (χ0) is 13.9. The number of benzene rings is 1. The van der Waals surface area contributed by atoms with Gasteiger partial charge in [-0.2, -0.15) is 4.98 Å². The molecule has 1 aromatic carbocycles. The first-order chi connectivity index (χ1) is 8.97. The van der Waals surface area contributed by atoms with Crippen LogP contribution < -0.4 is 10.5 Å². The van der Waals surface area contributed by atoms with Crippen molar-refractivity contribution in [2.45, 2.75) is 18.2 Å². The number of nitrogens with two attached hydrogens (primary N) is 1. The summed E-state index contributed by atoms with van der Waals surface area (Å²) in [5.74, 6) is 0.381. The summed E-state index contributed by atoms with van der Waals surface area (Å²) < 4.78 is 31.3. The van der Waals surface area contributed by atoms with Crippen LogP contribution in [0.5, 0.6) is 0 Å². The molecule has 1 aromatic heterocycles. The minimum Gasteiger partial charge on any atom is -0.399 e. The topological polar surface area (TPSA) is 111 Å². The van der Waals surface area contributed by atoms with Gasteiger partial charge < -0.3 is 10.3 Å². The van der Waals surface area contributed by atoms with Crippen LogP contribution in [0.3, 0.4) is 0 Å². The highest BCUT2D eigenvalue weighted by atomic mass is 32.2. The smallest absolute Gasteiger partial charge is 0.240 e. The van der Waals surface area contributed by atoms with Gasteiger partial charge in [0.1, 0.15) is 0 Å². The third-order valence-electron chi connectivity index (χ3n) is 2.42. The van der Waals surface area contributed by atoms with Crippen molar-refractivity contribution >= 4 is 15.7 Å². The first kappa shape index (κ1) is 13.5. The van der Waals surface area contributed by atoms with E-state index in [0.29, 0.717) is 18.0 Å². The fourth-order valence-corrected chi connectivity index (χ4v) is 2.78. The molecular formula is C11H14N4O3S. The Balaban J connectivity index is 2.05. The summed E-state index contributed by atoms with van der Waals surface area (Å²) in [4.78, 5) is 3.95. The molecule has 0 bridgehead atoms. The van der Waals surface area contributed by atoms with Crippen LogP contribution in [0.25, 0.3) is 0 Å². The van der Waals surface area contributed by atoms with Crippen molar-refractivity contribution in [3.63, 3.8) is 0 Å². The van der Waals surface area contributed by atoms with E-state index < -0.39 is 10.0 Å². The maximum atomic E-state index is 12.0. The van der Waals surface area contributed by atoms with Crippen molar-refractivity contribution < 1.29 is 12.9 Å². The number of aromatic nitrogens is 2. The molecule has 8 heteroatoms. The molecule has 0 aliphatic rings. The molecule has 0 amide bonds. The Hall–Kier alpha value is -1.93. The SMILES string of the molecule is Cc1cc(N)cc(S(=O)(=O)NCCc2ncno2)c1. The normalized spacial score (nSPS) is 11.6. The highest BCUT2D eigenvalue weighted by Crippen LogP contribution is 2.15. The molecule has 0 radical (unpaired) electrons. The summed E-state index contributed by atoms with van der Waals surface area (Å²) in [5, 5.41) is 3.44. The van der Waals surface area contributed by atoms with Crippen LogP contribution in [0.2, 0.25) is 0 Å². The Morgan fingerprint density at radius 2 is 2.16 bits per heavy atom. The number of hydrogen-bond acceptors (Lipinski definition) is 6. The van der Waals surface area contributed by atoms with Gasteiger partial charge in [-0.1, -0.05) is 5.16 Å². The minimum atomic E-state index is -3.58. The summed E-state index contributed by atoms with van der Waals surface area (Å²) in [7, 11) is -3.58. The molecule has 0 aliphatic carbocycles. The van der Waals surface area contributed by atoms with Gasteiger partial charge in [0.25, 0.3) is 0 Å². The molecule has 7 nitrogen and oxygen atoms in total. The van der Waals surface area contributed by atoms with E-state index in [0.717, 1.165) is 5.56 Å². The number of nitrogens with one attached hydrogen (secondary N) is 1. The lowest BCUT2D eigenvalue weighted by molar-refractivity contribution is 0.377. The van der Waals surface area contributed by atoms with Crippen molar-refractivity contribution in [1.29, 1.82) is 0 Å². The van der Waals surface area contributed by atoms with E-state index in [-0.39, 0.29) is 11.4 Å². The zero-order valence-electron chi connectivity index (χ0n) is 10.3. The second-order valence-corrected chi connectivity index (χ2v) is 5.83. The van der Waals surface area contributed by atoms with E-state index in [1.807, 2.05) is 0 Å². The Kier molecular flexibility index (Phi) is 3.82. The lowest BCUT2D eigenvalue weighted by Crippen LogP contribution is -2.26. The molecular weight excluding hydrogens is 268 g/mol. The molecule has 0 saturated carbocycles. The largest absolute Gasteiger partial charge is 0.399 e. The van der Waals surface area contributed by atoms with Crippen LogP contribution in [-0.4, -0.2) is 25.1 Å². The van der Waals surface area contributed by atoms with E-state index in [1.165, 1.54) is 12.4 Å². The van der Waals surface area contributed by atoms with Crippen LogP contribution in [0, 0.1) is 6.92 Å². The van der Waals surface area contributed by atoms with Crippen molar-refractivity contribution in [2.24, 2.45) is 0 Å². The number of rotatable bonds is 5. The maximum absolute atomic E-state index is 12.0. The fraction of sp³-hybridized carbons (Fsp3) is 0.273. The third-order valence-corrected chi connectivity index (χ3v) is 3.86. The van der Waals surface area contributed by atoms with Gasteiger partial charge in [-0.3, -0.25) is 0 Å². The van der Waals surface area contributed by atoms with E-state index in [4.69, 9.17) is 10.3 Å². The quantitative estimate of drug-likeness (QED) is 0.772. The summed E-state index contributed by atoms with van der Waals surface area (Å²) in [6.07, 6.45) is 1.60. The Labute approximate surface area is 110 Å². The Morgan fingerprint density at radius 1 is 1.37 bits per heavy atom. The second kappa shape index (κ2) is 5.37. The van der Waals surface area contributed by atoms with Crippen molar-refractivity contribution in [1.82, 2.24) is 14.9 Å². The van der Waals surface area contributed by atoms with Gasteiger partial charge in [-0.15, -0.1) is 0 Å². The summed E-state index contributed by atoms with van der Waals surface area (Å²) in [5.41, 5.74) is 6.84. The highest BCUT2D eigenvalue weighted by molar-refractivity contribution is 7.89. The summed E-state index contributed by atoms with van der Waals surface area (Å²) in [6, 6.07) is 4.69. The maximum Gasteiger partial charge on any atom is 0.240 e. The minimum absolute atomic E-state index is 0.149. The molecule has 1 heterocycles. The van der Waals surface area contributed by atoms with Crippen LogP contribution in [-0.2, 0) is 16.4 Å². The first-order valence-corrected chi connectivity index (χ1v) is 7.08. The number of nitrogen functional groups attached to an aromatic ring is 1. The fourth-order valence-electron chi connectivity index (χ4n) is 1.61. The molecule has 19 heavy (non-hydrogen) atoms. The predicted octanol–water partition coefficient (Wildman–Crippen LogP) is 0.481. The zero-order valence-corrected chi connectivity index (χ0v) is 11.1. The number of anilines is 1. The van der Waals surface area contributed by atoms with Gasteiger partial charge in [0.2, 0.25) is 15.9 Å². The molecule has 0 atom stereocenters. The van der Waals surface area contributed by atoms with Crippen molar-refractivity contribution in [2.75, 3.05) is 12.3 Å². The predicted molar refractivity (Wildman–Crippen MR) is 68.8 cm³/mol. The highest BCUT2D eigenvalue weighted by Gasteiger charge is 2.14. The van der Waals surface area contributed by atoms with Gasteiger partial charge >= 0.3 is 0 Å². The van der Waals surface area contributed by atoms with Crippen LogP contribution in [0.15, 0.2) is 33.9 Å². The first-order valence-electron chi connectivity index (χ1n) is 5.60. The second-order valence-electron chi connectivity index (χ2n) is 4.06. The number of sulfonamides is 1. The van der Waals surface area contributed by atoms with E-state index in [1.54, 1.807) is 19.1 Å². The number of hydrogen-bond donors (Lipinski definition) is 2. The summed E-state index contributed by atoms with van der Waals surface area (Å²) in [6.45, 7) is 1.96. The van der Waals surface area contributed by atoms with Gasteiger partial charge in [-0.05, 0) is 30.7 Å². The molecule has 0 fully saturated rings. The third kappa shape index (κ3) is 3.52. The average molecular weight is 282 g/mol. The molecule has 3 N–H and O–H groups in total.